The molecule has 3 N–H and O–H groups in total. The van der Waals surface area contributed by atoms with Crippen molar-refractivity contribution in [3.05, 3.63) is 28.2 Å². The standard InChI is InChI=1S/C13H14BrN3O3/c1-13(2,11(18)19)7-16-12(20)17-10-5-9(14)4-3-8(10)6-15/h3-5H,7H2,1-2H3,(H,18,19)(H2,16,17,20). The summed E-state index contributed by atoms with van der Waals surface area (Å²) in [6.07, 6.45) is 0. The first kappa shape index (κ1) is 16.0. The van der Waals surface area contributed by atoms with E-state index in [2.05, 4.69) is 26.6 Å². The molecule has 0 aliphatic heterocycles. The summed E-state index contributed by atoms with van der Waals surface area (Å²) < 4.78 is 0.720. The fourth-order valence-electron chi connectivity index (χ4n) is 1.26. The minimum atomic E-state index is -1.06. The number of aliphatic carboxylic acids is 1. The van der Waals surface area contributed by atoms with Gasteiger partial charge in [0.2, 0.25) is 0 Å². The lowest BCUT2D eigenvalue weighted by molar-refractivity contribution is -0.146. The summed E-state index contributed by atoms with van der Waals surface area (Å²) in [4.78, 5) is 22.6. The molecular formula is C13H14BrN3O3. The zero-order valence-electron chi connectivity index (χ0n) is 11.0. The van der Waals surface area contributed by atoms with Gasteiger partial charge < -0.3 is 15.7 Å². The van der Waals surface area contributed by atoms with Crippen LogP contribution in [0.2, 0.25) is 0 Å². The van der Waals surface area contributed by atoms with Crippen molar-refractivity contribution in [3.8, 4) is 6.07 Å². The third-order valence-electron chi connectivity index (χ3n) is 2.62. The summed E-state index contributed by atoms with van der Waals surface area (Å²) in [5.41, 5.74) is -0.388. The summed E-state index contributed by atoms with van der Waals surface area (Å²) in [6.45, 7) is 2.99. The number of hydrogen-bond donors (Lipinski definition) is 3. The van der Waals surface area contributed by atoms with Crippen molar-refractivity contribution < 1.29 is 14.7 Å². The summed E-state index contributed by atoms with van der Waals surface area (Å²) in [5, 5.41) is 22.9. The SMILES string of the molecule is CC(C)(CNC(=O)Nc1cc(Br)ccc1C#N)C(=O)O. The van der Waals surface area contributed by atoms with Gasteiger partial charge in [0, 0.05) is 11.0 Å². The summed E-state index contributed by atoms with van der Waals surface area (Å²) >= 11 is 3.25. The number of amides is 2. The molecule has 0 aliphatic rings. The molecule has 6 nitrogen and oxygen atoms in total. The molecule has 20 heavy (non-hydrogen) atoms. The first-order valence-corrected chi connectivity index (χ1v) is 6.53. The number of nitrogens with one attached hydrogen (secondary N) is 2. The van der Waals surface area contributed by atoms with E-state index >= 15 is 0 Å². The second-order valence-corrected chi connectivity index (χ2v) is 5.71. The number of rotatable bonds is 4. The number of nitrogens with zero attached hydrogens (tertiary/aromatic N) is 1. The van der Waals surface area contributed by atoms with Gasteiger partial charge in [-0.1, -0.05) is 15.9 Å². The number of urea groups is 1. The van der Waals surface area contributed by atoms with Crippen LogP contribution in [-0.4, -0.2) is 23.7 Å². The van der Waals surface area contributed by atoms with Crippen molar-refractivity contribution in [1.82, 2.24) is 5.32 Å². The van der Waals surface area contributed by atoms with Crippen LogP contribution in [0.5, 0.6) is 0 Å². The maximum Gasteiger partial charge on any atom is 0.319 e. The number of carbonyl (C=O) groups excluding carboxylic acids is 1. The van der Waals surface area contributed by atoms with Gasteiger partial charge in [0.1, 0.15) is 6.07 Å². The van der Waals surface area contributed by atoms with Crippen molar-refractivity contribution >= 4 is 33.6 Å². The monoisotopic (exact) mass is 339 g/mol. The maximum absolute atomic E-state index is 11.7. The van der Waals surface area contributed by atoms with Crippen LogP contribution in [0.4, 0.5) is 10.5 Å². The average molecular weight is 340 g/mol. The molecule has 0 fully saturated rings. The number of carbonyl (C=O) groups is 2. The Bertz CT molecular complexity index is 579. The van der Waals surface area contributed by atoms with Crippen molar-refractivity contribution in [3.63, 3.8) is 0 Å². The molecule has 2 amide bonds. The molecule has 0 heterocycles. The number of carboxylic acids is 1. The molecule has 1 aromatic rings. The Labute approximate surface area is 124 Å². The molecule has 0 atom stereocenters. The van der Waals surface area contributed by atoms with E-state index in [1.165, 1.54) is 13.8 Å². The second kappa shape index (κ2) is 6.39. The average Bonchev–Trinajstić information content (AvgIpc) is 2.36. The van der Waals surface area contributed by atoms with E-state index in [1.807, 2.05) is 6.07 Å². The molecule has 0 bridgehead atoms. The van der Waals surface area contributed by atoms with Gasteiger partial charge in [-0.2, -0.15) is 5.26 Å². The molecule has 0 saturated carbocycles. The molecular weight excluding hydrogens is 326 g/mol. The topological polar surface area (TPSA) is 102 Å². The normalized spacial score (nSPS) is 10.5. The molecule has 7 heteroatoms. The number of nitriles is 1. The third kappa shape index (κ3) is 4.24. The number of halogens is 1. The molecule has 0 saturated heterocycles. The molecule has 1 aromatic carbocycles. The molecule has 1 rings (SSSR count). The van der Waals surface area contributed by atoms with Gasteiger partial charge in [-0.25, -0.2) is 4.79 Å². The largest absolute Gasteiger partial charge is 0.481 e. The van der Waals surface area contributed by atoms with E-state index in [0.29, 0.717) is 11.3 Å². The van der Waals surface area contributed by atoms with Crippen LogP contribution in [0, 0.1) is 16.7 Å². The highest BCUT2D eigenvalue weighted by Crippen LogP contribution is 2.21. The van der Waals surface area contributed by atoms with Gasteiger partial charge in [0.15, 0.2) is 0 Å². The maximum atomic E-state index is 11.7. The zero-order chi connectivity index (χ0) is 15.3. The first-order chi connectivity index (χ1) is 9.26. The van der Waals surface area contributed by atoms with E-state index < -0.39 is 17.4 Å². The lowest BCUT2D eigenvalue weighted by atomic mass is 9.94. The molecule has 0 radical (unpaired) electrons. The number of anilines is 1. The van der Waals surface area contributed by atoms with Gasteiger partial charge in [0.05, 0.1) is 16.7 Å². The van der Waals surface area contributed by atoms with Crippen molar-refractivity contribution in [2.45, 2.75) is 13.8 Å². The summed E-state index contributed by atoms with van der Waals surface area (Å²) in [5.74, 6) is -1.00. The highest BCUT2D eigenvalue weighted by atomic mass is 79.9. The van der Waals surface area contributed by atoms with E-state index in [1.54, 1.807) is 18.2 Å². The highest BCUT2D eigenvalue weighted by Gasteiger charge is 2.27. The molecule has 106 valence electrons. The van der Waals surface area contributed by atoms with Crippen LogP contribution in [0.3, 0.4) is 0 Å². The van der Waals surface area contributed by atoms with Crippen LogP contribution in [0.1, 0.15) is 19.4 Å². The second-order valence-electron chi connectivity index (χ2n) is 4.80. The molecule has 0 aromatic heterocycles. The summed E-state index contributed by atoms with van der Waals surface area (Å²) in [6, 6.07) is 6.26. The Morgan fingerprint density at radius 3 is 2.65 bits per heavy atom. The fourth-order valence-corrected chi connectivity index (χ4v) is 1.62. The van der Waals surface area contributed by atoms with Crippen LogP contribution in [-0.2, 0) is 4.79 Å². The van der Waals surface area contributed by atoms with E-state index in [-0.39, 0.29) is 6.54 Å². The van der Waals surface area contributed by atoms with Crippen molar-refractivity contribution in [2.24, 2.45) is 5.41 Å². The number of carboxylic acid groups (broad SMARTS) is 1. The van der Waals surface area contributed by atoms with Crippen molar-refractivity contribution in [1.29, 1.82) is 5.26 Å². The van der Waals surface area contributed by atoms with Crippen LogP contribution in [0.15, 0.2) is 22.7 Å². The Kier molecular flexibility index (Phi) is 5.11. The minimum absolute atomic E-state index is 0.0238. The van der Waals surface area contributed by atoms with Gasteiger partial charge >= 0.3 is 12.0 Å². The highest BCUT2D eigenvalue weighted by molar-refractivity contribution is 9.10. The zero-order valence-corrected chi connectivity index (χ0v) is 12.6. The predicted molar refractivity (Wildman–Crippen MR) is 77.3 cm³/mol. The Morgan fingerprint density at radius 2 is 2.10 bits per heavy atom. The van der Waals surface area contributed by atoms with Gasteiger partial charge in [-0.15, -0.1) is 0 Å². The quantitative estimate of drug-likeness (QED) is 0.784. The van der Waals surface area contributed by atoms with E-state index in [0.717, 1.165) is 4.47 Å². The van der Waals surface area contributed by atoms with Gasteiger partial charge in [-0.05, 0) is 32.0 Å². The fraction of sp³-hybridized carbons (Fsp3) is 0.308. The van der Waals surface area contributed by atoms with E-state index in [9.17, 15) is 9.59 Å². The van der Waals surface area contributed by atoms with Crippen LogP contribution >= 0.6 is 15.9 Å². The Balaban J connectivity index is 2.71. The third-order valence-corrected chi connectivity index (χ3v) is 3.11. The lowest BCUT2D eigenvalue weighted by Gasteiger charge is -2.19. The van der Waals surface area contributed by atoms with Crippen molar-refractivity contribution in [2.75, 3.05) is 11.9 Å². The Hall–Kier alpha value is -2.07. The van der Waals surface area contributed by atoms with Crippen LogP contribution in [0.25, 0.3) is 0 Å². The first-order valence-electron chi connectivity index (χ1n) is 5.74. The van der Waals surface area contributed by atoms with E-state index in [4.69, 9.17) is 10.4 Å². The number of hydrogen-bond acceptors (Lipinski definition) is 3. The smallest absolute Gasteiger partial charge is 0.319 e. The lowest BCUT2D eigenvalue weighted by Crippen LogP contribution is -2.40. The number of benzene rings is 1. The predicted octanol–water partition coefficient (Wildman–Crippen LogP) is 2.55. The van der Waals surface area contributed by atoms with Gasteiger partial charge in [0.25, 0.3) is 0 Å². The molecule has 0 aliphatic carbocycles. The molecule has 0 unspecified atom stereocenters. The van der Waals surface area contributed by atoms with Gasteiger partial charge in [-0.3, -0.25) is 4.79 Å². The van der Waals surface area contributed by atoms with Crippen LogP contribution < -0.4 is 10.6 Å². The molecule has 0 spiro atoms. The Morgan fingerprint density at radius 1 is 1.45 bits per heavy atom. The summed E-state index contributed by atoms with van der Waals surface area (Å²) in [7, 11) is 0. The minimum Gasteiger partial charge on any atom is -0.481 e.